The number of nitrogens with zero attached hydrogens (tertiary/aromatic N) is 3. The van der Waals surface area contributed by atoms with Gasteiger partial charge in [0.05, 0.1) is 11.3 Å². The van der Waals surface area contributed by atoms with Crippen molar-refractivity contribution in [3.8, 4) is 0 Å². The van der Waals surface area contributed by atoms with Gasteiger partial charge in [-0.15, -0.1) is 0 Å². The second kappa shape index (κ2) is 6.52. The SMILES string of the molecule is Cc1ncc(C(=O)N2CCCC2)c(CC2CCNCC2)n1. The first-order chi connectivity index (χ1) is 10.2. The zero-order chi connectivity index (χ0) is 14.7. The minimum absolute atomic E-state index is 0.122. The Labute approximate surface area is 126 Å². The van der Waals surface area contributed by atoms with Crippen LogP contribution in [0.15, 0.2) is 6.20 Å². The fourth-order valence-corrected chi connectivity index (χ4v) is 3.30. The quantitative estimate of drug-likeness (QED) is 0.917. The molecule has 5 nitrogen and oxygen atoms in total. The van der Waals surface area contributed by atoms with E-state index in [0.29, 0.717) is 5.92 Å². The zero-order valence-electron chi connectivity index (χ0n) is 12.8. The molecule has 0 aromatic carbocycles. The van der Waals surface area contributed by atoms with E-state index in [4.69, 9.17) is 0 Å². The van der Waals surface area contributed by atoms with Crippen molar-refractivity contribution in [2.45, 2.75) is 39.0 Å². The number of rotatable bonds is 3. The predicted molar refractivity (Wildman–Crippen MR) is 81.2 cm³/mol. The van der Waals surface area contributed by atoms with Gasteiger partial charge in [0, 0.05) is 19.3 Å². The first kappa shape index (κ1) is 14.4. The van der Waals surface area contributed by atoms with Gasteiger partial charge < -0.3 is 10.2 Å². The van der Waals surface area contributed by atoms with E-state index in [1.54, 1.807) is 6.20 Å². The Bertz CT molecular complexity index is 505. The zero-order valence-corrected chi connectivity index (χ0v) is 12.8. The van der Waals surface area contributed by atoms with Crippen LogP contribution < -0.4 is 5.32 Å². The molecule has 5 heteroatoms. The summed E-state index contributed by atoms with van der Waals surface area (Å²) in [5.74, 6) is 1.51. The molecule has 1 aromatic rings. The van der Waals surface area contributed by atoms with E-state index in [2.05, 4.69) is 15.3 Å². The Kier molecular flexibility index (Phi) is 4.48. The van der Waals surface area contributed by atoms with Gasteiger partial charge in [-0.05, 0) is 58.0 Å². The van der Waals surface area contributed by atoms with E-state index in [1.165, 1.54) is 12.8 Å². The molecule has 0 unspecified atom stereocenters. The van der Waals surface area contributed by atoms with Crippen LogP contribution in [-0.4, -0.2) is 47.0 Å². The number of likely N-dealkylation sites (tertiary alicyclic amines) is 1. The average Bonchev–Trinajstić information content (AvgIpc) is 3.02. The smallest absolute Gasteiger partial charge is 0.257 e. The van der Waals surface area contributed by atoms with Crippen molar-refractivity contribution < 1.29 is 4.79 Å². The van der Waals surface area contributed by atoms with E-state index in [-0.39, 0.29) is 5.91 Å². The lowest BCUT2D eigenvalue weighted by atomic mass is 9.91. The van der Waals surface area contributed by atoms with Crippen molar-refractivity contribution in [1.82, 2.24) is 20.2 Å². The molecular weight excluding hydrogens is 264 g/mol. The van der Waals surface area contributed by atoms with Crippen LogP contribution in [0.25, 0.3) is 0 Å². The Morgan fingerprint density at radius 1 is 1.33 bits per heavy atom. The van der Waals surface area contributed by atoms with Gasteiger partial charge in [-0.2, -0.15) is 0 Å². The van der Waals surface area contributed by atoms with E-state index < -0.39 is 0 Å². The number of aryl methyl sites for hydroxylation is 1. The summed E-state index contributed by atoms with van der Waals surface area (Å²) < 4.78 is 0. The van der Waals surface area contributed by atoms with Gasteiger partial charge in [-0.1, -0.05) is 0 Å². The molecule has 1 amide bonds. The summed E-state index contributed by atoms with van der Waals surface area (Å²) in [7, 11) is 0. The summed E-state index contributed by atoms with van der Waals surface area (Å²) in [6, 6.07) is 0. The Morgan fingerprint density at radius 3 is 2.76 bits per heavy atom. The number of hydrogen-bond donors (Lipinski definition) is 1. The summed E-state index contributed by atoms with van der Waals surface area (Å²) >= 11 is 0. The minimum Gasteiger partial charge on any atom is -0.339 e. The molecule has 1 aromatic heterocycles. The van der Waals surface area contributed by atoms with Gasteiger partial charge >= 0.3 is 0 Å². The lowest BCUT2D eigenvalue weighted by molar-refractivity contribution is 0.0790. The largest absolute Gasteiger partial charge is 0.339 e. The van der Waals surface area contributed by atoms with Crippen LogP contribution in [0.2, 0.25) is 0 Å². The fourth-order valence-electron chi connectivity index (χ4n) is 3.30. The number of aromatic nitrogens is 2. The van der Waals surface area contributed by atoms with Crippen LogP contribution in [-0.2, 0) is 6.42 Å². The summed E-state index contributed by atoms with van der Waals surface area (Å²) in [5, 5.41) is 3.39. The molecule has 2 aliphatic rings. The maximum absolute atomic E-state index is 12.7. The van der Waals surface area contributed by atoms with E-state index in [1.807, 2.05) is 11.8 Å². The van der Waals surface area contributed by atoms with Gasteiger partial charge in [0.1, 0.15) is 5.82 Å². The van der Waals surface area contributed by atoms with Crippen molar-refractivity contribution in [2.24, 2.45) is 5.92 Å². The minimum atomic E-state index is 0.122. The molecule has 2 fully saturated rings. The lowest BCUT2D eigenvalue weighted by Crippen LogP contribution is -2.31. The number of piperidine rings is 1. The van der Waals surface area contributed by atoms with Crippen molar-refractivity contribution in [3.05, 3.63) is 23.3 Å². The Hall–Kier alpha value is -1.49. The first-order valence-electron chi connectivity index (χ1n) is 8.06. The molecule has 2 saturated heterocycles. The van der Waals surface area contributed by atoms with Crippen molar-refractivity contribution >= 4 is 5.91 Å². The second-order valence-corrected chi connectivity index (χ2v) is 6.17. The molecule has 0 radical (unpaired) electrons. The van der Waals surface area contributed by atoms with Crippen molar-refractivity contribution in [2.75, 3.05) is 26.2 Å². The number of carbonyl (C=O) groups excluding carboxylic acids is 1. The summed E-state index contributed by atoms with van der Waals surface area (Å²) in [4.78, 5) is 23.4. The van der Waals surface area contributed by atoms with Gasteiger partial charge in [-0.25, -0.2) is 9.97 Å². The molecule has 0 saturated carbocycles. The highest BCUT2D eigenvalue weighted by molar-refractivity contribution is 5.95. The van der Waals surface area contributed by atoms with Gasteiger partial charge in [0.15, 0.2) is 0 Å². The third-order valence-corrected chi connectivity index (χ3v) is 4.55. The van der Waals surface area contributed by atoms with Gasteiger partial charge in [0.2, 0.25) is 0 Å². The molecule has 3 heterocycles. The molecule has 0 bridgehead atoms. The van der Waals surface area contributed by atoms with Crippen LogP contribution in [0, 0.1) is 12.8 Å². The fraction of sp³-hybridized carbons (Fsp3) is 0.688. The van der Waals surface area contributed by atoms with Crippen LogP contribution in [0.3, 0.4) is 0 Å². The standard InChI is InChI=1S/C16H24N4O/c1-12-18-11-14(16(21)20-8-2-3-9-20)15(19-12)10-13-4-6-17-7-5-13/h11,13,17H,2-10H2,1H3. The highest BCUT2D eigenvalue weighted by Crippen LogP contribution is 2.21. The normalized spacial score (nSPS) is 20.0. The summed E-state index contributed by atoms with van der Waals surface area (Å²) in [6.45, 7) is 5.79. The molecule has 3 rings (SSSR count). The van der Waals surface area contributed by atoms with E-state index >= 15 is 0 Å². The molecule has 0 spiro atoms. The molecule has 1 N–H and O–H groups in total. The van der Waals surface area contributed by atoms with Crippen molar-refractivity contribution in [3.63, 3.8) is 0 Å². The van der Waals surface area contributed by atoms with Crippen LogP contribution in [0.5, 0.6) is 0 Å². The first-order valence-corrected chi connectivity index (χ1v) is 8.06. The maximum Gasteiger partial charge on any atom is 0.257 e. The van der Waals surface area contributed by atoms with Crippen LogP contribution in [0.1, 0.15) is 47.6 Å². The molecule has 2 aliphatic heterocycles. The number of amides is 1. The molecule has 114 valence electrons. The average molecular weight is 288 g/mol. The monoisotopic (exact) mass is 288 g/mol. The lowest BCUT2D eigenvalue weighted by Gasteiger charge is -2.24. The summed E-state index contributed by atoms with van der Waals surface area (Å²) in [6.07, 6.45) is 7.20. The van der Waals surface area contributed by atoms with E-state index in [9.17, 15) is 4.79 Å². The Morgan fingerprint density at radius 2 is 2.05 bits per heavy atom. The molecule has 21 heavy (non-hydrogen) atoms. The van der Waals surface area contributed by atoms with Gasteiger partial charge in [-0.3, -0.25) is 4.79 Å². The predicted octanol–water partition coefficient (Wildman–Crippen LogP) is 1.56. The molecule has 0 atom stereocenters. The van der Waals surface area contributed by atoms with Gasteiger partial charge in [0.25, 0.3) is 5.91 Å². The second-order valence-electron chi connectivity index (χ2n) is 6.17. The number of carbonyl (C=O) groups is 1. The third-order valence-electron chi connectivity index (χ3n) is 4.55. The Balaban J connectivity index is 1.80. The molecular formula is C16H24N4O. The summed E-state index contributed by atoms with van der Waals surface area (Å²) in [5.41, 5.74) is 1.67. The third kappa shape index (κ3) is 3.40. The topological polar surface area (TPSA) is 58.1 Å². The van der Waals surface area contributed by atoms with Crippen molar-refractivity contribution in [1.29, 1.82) is 0 Å². The van der Waals surface area contributed by atoms with Crippen LogP contribution in [0.4, 0.5) is 0 Å². The van der Waals surface area contributed by atoms with E-state index in [0.717, 1.165) is 62.5 Å². The van der Waals surface area contributed by atoms with Crippen LogP contribution >= 0.6 is 0 Å². The number of nitrogens with one attached hydrogen (secondary N) is 1. The number of hydrogen-bond acceptors (Lipinski definition) is 4. The highest BCUT2D eigenvalue weighted by Gasteiger charge is 2.24. The maximum atomic E-state index is 12.7. The molecule has 0 aliphatic carbocycles. The highest BCUT2D eigenvalue weighted by atomic mass is 16.2.